The van der Waals surface area contributed by atoms with Gasteiger partial charge in [0.15, 0.2) is 0 Å². The quantitative estimate of drug-likeness (QED) is 0.580. The number of hydrogen-bond donors (Lipinski definition) is 1. The van der Waals surface area contributed by atoms with E-state index in [1.54, 1.807) is 12.3 Å². The fraction of sp³-hybridized carbons (Fsp3) is 0.600. The van der Waals surface area contributed by atoms with Crippen molar-refractivity contribution in [3.8, 4) is 0 Å². The fourth-order valence-corrected chi connectivity index (χ4v) is 1.70. The van der Waals surface area contributed by atoms with Crippen LogP contribution in [0.3, 0.4) is 0 Å². The van der Waals surface area contributed by atoms with E-state index in [4.69, 9.17) is 0 Å². The normalized spacial score (nSPS) is 11.1. The maximum atomic E-state index is 11.3. The first-order chi connectivity index (χ1) is 9.54. The number of rotatable bonds is 8. The second-order valence-corrected chi connectivity index (χ2v) is 5.13. The Hall–Kier alpha value is -1.46. The lowest BCUT2D eigenvalue weighted by Gasteiger charge is -2.20. The summed E-state index contributed by atoms with van der Waals surface area (Å²) in [6.45, 7) is 7.14. The van der Waals surface area contributed by atoms with Crippen LogP contribution in [0.4, 0.5) is 0 Å². The maximum absolute atomic E-state index is 11.3. The minimum atomic E-state index is -0.353. The summed E-state index contributed by atoms with van der Waals surface area (Å²) in [6, 6.07) is 4.17. The third-order valence-corrected chi connectivity index (χ3v) is 3.30. The molecule has 1 aromatic heterocycles. The molecule has 1 aromatic rings. The van der Waals surface area contributed by atoms with Crippen LogP contribution in [0, 0.1) is 0 Å². The highest BCUT2D eigenvalue weighted by atomic mass is 16.5. The molecule has 0 fully saturated rings. The molecule has 0 amide bonds. The van der Waals surface area contributed by atoms with Crippen molar-refractivity contribution in [2.24, 2.45) is 0 Å². The third kappa shape index (κ3) is 5.67. The van der Waals surface area contributed by atoms with Crippen LogP contribution < -0.4 is 5.32 Å². The first-order valence-corrected chi connectivity index (χ1v) is 6.98. The van der Waals surface area contributed by atoms with E-state index in [0.29, 0.717) is 18.2 Å². The van der Waals surface area contributed by atoms with Gasteiger partial charge in [-0.15, -0.1) is 0 Å². The highest BCUT2D eigenvalue weighted by Gasteiger charge is 2.05. The molecule has 0 unspecified atom stereocenters. The van der Waals surface area contributed by atoms with Crippen molar-refractivity contribution < 1.29 is 9.53 Å². The van der Waals surface area contributed by atoms with E-state index >= 15 is 0 Å². The standard InChI is InChI=1S/C15H25N3O2/c1-12(2)18(3)9-5-8-16-11-14-7-6-13(10-17-14)15(19)20-4/h6-7,10,12,16H,5,8-9,11H2,1-4H3. The fourth-order valence-electron chi connectivity index (χ4n) is 1.70. The minimum Gasteiger partial charge on any atom is -0.465 e. The number of carbonyl (C=O) groups excluding carboxylic acids is 1. The van der Waals surface area contributed by atoms with Gasteiger partial charge in [0.05, 0.1) is 18.4 Å². The third-order valence-electron chi connectivity index (χ3n) is 3.30. The van der Waals surface area contributed by atoms with Gasteiger partial charge in [0.1, 0.15) is 0 Å². The molecule has 1 heterocycles. The average molecular weight is 279 g/mol. The topological polar surface area (TPSA) is 54.5 Å². The Morgan fingerprint density at radius 2 is 2.20 bits per heavy atom. The molecule has 20 heavy (non-hydrogen) atoms. The SMILES string of the molecule is COC(=O)c1ccc(CNCCCN(C)C(C)C)nc1. The summed E-state index contributed by atoms with van der Waals surface area (Å²) in [4.78, 5) is 17.8. The van der Waals surface area contributed by atoms with Crippen molar-refractivity contribution in [2.75, 3.05) is 27.2 Å². The van der Waals surface area contributed by atoms with E-state index < -0.39 is 0 Å². The Labute approximate surface area is 121 Å². The molecule has 5 heteroatoms. The molecular weight excluding hydrogens is 254 g/mol. The molecule has 1 N–H and O–H groups in total. The zero-order valence-electron chi connectivity index (χ0n) is 12.8. The predicted molar refractivity (Wildman–Crippen MR) is 79.7 cm³/mol. The molecule has 0 atom stereocenters. The molecule has 1 rings (SSSR count). The molecule has 0 aliphatic carbocycles. The lowest BCUT2D eigenvalue weighted by atomic mass is 10.2. The Kier molecular flexibility index (Phi) is 7.18. The number of aromatic nitrogens is 1. The van der Waals surface area contributed by atoms with Crippen LogP contribution >= 0.6 is 0 Å². The largest absolute Gasteiger partial charge is 0.465 e. The van der Waals surface area contributed by atoms with Gasteiger partial charge < -0.3 is 15.0 Å². The summed E-state index contributed by atoms with van der Waals surface area (Å²) >= 11 is 0. The van der Waals surface area contributed by atoms with Crippen LogP contribution in [0.2, 0.25) is 0 Å². The van der Waals surface area contributed by atoms with Gasteiger partial charge in [0.2, 0.25) is 0 Å². The van der Waals surface area contributed by atoms with Crippen molar-refractivity contribution in [1.82, 2.24) is 15.2 Å². The van der Waals surface area contributed by atoms with Gasteiger partial charge in [0, 0.05) is 18.8 Å². The van der Waals surface area contributed by atoms with Gasteiger partial charge in [-0.05, 0) is 52.5 Å². The van der Waals surface area contributed by atoms with Crippen molar-refractivity contribution in [1.29, 1.82) is 0 Å². The number of nitrogens with zero attached hydrogens (tertiary/aromatic N) is 2. The van der Waals surface area contributed by atoms with Crippen LogP contribution in [-0.4, -0.2) is 49.1 Å². The van der Waals surface area contributed by atoms with E-state index in [-0.39, 0.29) is 5.97 Å². The molecule has 5 nitrogen and oxygen atoms in total. The molecule has 0 bridgehead atoms. The van der Waals surface area contributed by atoms with Gasteiger partial charge in [-0.25, -0.2) is 4.79 Å². The van der Waals surface area contributed by atoms with E-state index in [2.05, 4.69) is 40.8 Å². The Bertz CT molecular complexity index is 404. The molecular formula is C15H25N3O2. The number of hydrogen-bond acceptors (Lipinski definition) is 5. The van der Waals surface area contributed by atoms with E-state index in [9.17, 15) is 4.79 Å². The van der Waals surface area contributed by atoms with Gasteiger partial charge in [0.25, 0.3) is 0 Å². The Morgan fingerprint density at radius 1 is 1.45 bits per heavy atom. The summed E-state index contributed by atoms with van der Waals surface area (Å²) < 4.78 is 4.63. The second-order valence-electron chi connectivity index (χ2n) is 5.13. The molecule has 0 saturated carbocycles. The monoisotopic (exact) mass is 279 g/mol. The molecule has 0 saturated heterocycles. The zero-order valence-corrected chi connectivity index (χ0v) is 12.8. The van der Waals surface area contributed by atoms with Crippen molar-refractivity contribution in [2.45, 2.75) is 32.9 Å². The Morgan fingerprint density at radius 3 is 2.75 bits per heavy atom. The van der Waals surface area contributed by atoms with E-state index in [1.807, 2.05) is 6.07 Å². The number of ether oxygens (including phenoxy) is 1. The van der Waals surface area contributed by atoms with Crippen molar-refractivity contribution in [3.63, 3.8) is 0 Å². The number of nitrogens with one attached hydrogen (secondary N) is 1. The summed E-state index contributed by atoms with van der Waals surface area (Å²) in [5.74, 6) is -0.353. The summed E-state index contributed by atoms with van der Waals surface area (Å²) in [7, 11) is 3.50. The van der Waals surface area contributed by atoms with Crippen LogP contribution in [0.15, 0.2) is 18.3 Å². The van der Waals surface area contributed by atoms with E-state index in [0.717, 1.165) is 25.2 Å². The lowest BCUT2D eigenvalue weighted by Crippen LogP contribution is -2.29. The van der Waals surface area contributed by atoms with Crippen molar-refractivity contribution in [3.05, 3.63) is 29.6 Å². The van der Waals surface area contributed by atoms with Crippen LogP contribution in [-0.2, 0) is 11.3 Å². The number of esters is 1. The zero-order chi connectivity index (χ0) is 15.0. The number of methoxy groups -OCH3 is 1. The van der Waals surface area contributed by atoms with Crippen LogP contribution in [0.25, 0.3) is 0 Å². The van der Waals surface area contributed by atoms with E-state index in [1.165, 1.54) is 7.11 Å². The predicted octanol–water partition coefficient (Wildman–Crippen LogP) is 1.69. The van der Waals surface area contributed by atoms with Crippen LogP contribution in [0.5, 0.6) is 0 Å². The van der Waals surface area contributed by atoms with Crippen LogP contribution in [0.1, 0.15) is 36.3 Å². The maximum Gasteiger partial charge on any atom is 0.339 e. The highest BCUT2D eigenvalue weighted by molar-refractivity contribution is 5.88. The summed E-state index contributed by atoms with van der Waals surface area (Å²) in [5, 5.41) is 3.35. The molecule has 0 radical (unpaired) electrons. The lowest BCUT2D eigenvalue weighted by molar-refractivity contribution is 0.0600. The second kappa shape index (κ2) is 8.66. The molecule has 0 spiro atoms. The van der Waals surface area contributed by atoms with Crippen molar-refractivity contribution >= 4 is 5.97 Å². The summed E-state index contributed by atoms with van der Waals surface area (Å²) in [5.41, 5.74) is 1.41. The van der Waals surface area contributed by atoms with Gasteiger partial charge in [-0.2, -0.15) is 0 Å². The first-order valence-electron chi connectivity index (χ1n) is 6.98. The highest BCUT2D eigenvalue weighted by Crippen LogP contribution is 2.02. The number of pyridine rings is 1. The minimum absolute atomic E-state index is 0.353. The van der Waals surface area contributed by atoms with Gasteiger partial charge in [-0.3, -0.25) is 4.98 Å². The molecule has 0 aliphatic rings. The molecule has 0 aromatic carbocycles. The molecule has 0 aliphatic heterocycles. The van der Waals surface area contributed by atoms with Gasteiger partial charge >= 0.3 is 5.97 Å². The Balaban J connectivity index is 2.24. The van der Waals surface area contributed by atoms with Gasteiger partial charge in [-0.1, -0.05) is 0 Å². The molecule has 112 valence electrons. The average Bonchev–Trinajstić information content (AvgIpc) is 2.46. The number of carbonyl (C=O) groups is 1. The first kappa shape index (κ1) is 16.6. The smallest absolute Gasteiger partial charge is 0.339 e. The summed E-state index contributed by atoms with van der Waals surface area (Å²) in [6.07, 6.45) is 2.66.